The summed E-state index contributed by atoms with van der Waals surface area (Å²) in [5.41, 5.74) is 2.99. The topological polar surface area (TPSA) is 93.9 Å². The number of nitro benzene ring substituents is 1. The van der Waals surface area contributed by atoms with Crippen molar-refractivity contribution in [2.75, 3.05) is 37.9 Å². The molecule has 0 radical (unpaired) electrons. The number of benzene rings is 1. The maximum atomic E-state index is 13.4. The average Bonchev–Trinajstić information content (AvgIpc) is 3.20. The molecule has 0 atom stereocenters. The molecule has 1 spiro atoms. The molecule has 142 valence electrons. The molecule has 1 aromatic carbocycles. The van der Waals surface area contributed by atoms with Gasteiger partial charge in [0.15, 0.2) is 0 Å². The second-order valence-electron chi connectivity index (χ2n) is 7.85. The summed E-state index contributed by atoms with van der Waals surface area (Å²) in [5, 5.41) is 14.7. The van der Waals surface area contributed by atoms with Crippen LogP contribution in [-0.4, -0.2) is 49.8 Å². The quantitative estimate of drug-likeness (QED) is 0.484. The van der Waals surface area contributed by atoms with E-state index in [0.717, 1.165) is 37.2 Å². The van der Waals surface area contributed by atoms with Crippen LogP contribution in [0.2, 0.25) is 0 Å². The molecule has 0 aromatic heterocycles. The Balaban J connectivity index is 1.60. The maximum Gasteiger partial charge on any atom is 0.270 e. The molecule has 1 aromatic rings. The summed E-state index contributed by atoms with van der Waals surface area (Å²) >= 11 is 0. The second kappa shape index (κ2) is 6.03. The van der Waals surface area contributed by atoms with Gasteiger partial charge in [0.25, 0.3) is 11.6 Å². The molecule has 8 heteroatoms. The first kappa shape index (κ1) is 16.7. The van der Waals surface area contributed by atoms with Crippen LogP contribution in [0.5, 0.6) is 0 Å². The number of hydrogen-bond donors (Lipinski definition) is 1. The summed E-state index contributed by atoms with van der Waals surface area (Å²) in [6.07, 6.45) is 2.30. The molecule has 5 rings (SSSR count). The molecule has 4 heterocycles. The van der Waals surface area contributed by atoms with Crippen molar-refractivity contribution in [1.29, 1.82) is 0 Å². The Morgan fingerprint density at radius 1 is 1.22 bits per heavy atom. The Bertz CT molecular complexity index is 855. The molecule has 4 aliphatic heterocycles. The van der Waals surface area contributed by atoms with Crippen molar-refractivity contribution in [3.63, 3.8) is 0 Å². The molecule has 3 saturated heterocycles. The number of nitro groups is 1. The molecule has 1 N–H and O–H groups in total. The zero-order valence-corrected chi connectivity index (χ0v) is 14.9. The van der Waals surface area contributed by atoms with E-state index in [1.807, 2.05) is 4.90 Å². The van der Waals surface area contributed by atoms with E-state index in [9.17, 15) is 14.9 Å². The molecule has 27 heavy (non-hydrogen) atoms. The summed E-state index contributed by atoms with van der Waals surface area (Å²) in [5.74, 6) is -0.0582. The second-order valence-corrected chi connectivity index (χ2v) is 7.85. The van der Waals surface area contributed by atoms with Gasteiger partial charge in [0.1, 0.15) is 0 Å². The standard InChI is InChI=1S/C19H21N3O5/c23-18-17(15-8-19(9-20-15)10-27-11-19)14-7-13(22(24)25)1-2-16(14)21(18)12-3-5-26-6-4-12/h1-2,7,12,20H,3-6,8-11H2/b17-15-. The van der Waals surface area contributed by atoms with Crippen LogP contribution in [0.4, 0.5) is 11.4 Å². The summed E-state index contributed by atoms with van der Waals surface area (Å²) in [4.78, 5) is 26.1. The van der Waals surface area contributed by atoms with Crippen LogP contribution in [0.15, 0.2) is 23.9 Å². The van der Waals surface area contributed by atoms with E-state index in [-0.39, 0.29) is 23.1 Å². The summed E-state index contributed by atoms with van der Waals surface area (Å²) in [6, 6.07) is 4.80. The number of rotatable bonds is 2. The van der Waals surface area contributed by atoms with Crippen molar-refractivity contribution >= 4 is 22.9 Å². The van der Waals surface area contributed by atoms with Gasteiger partial charge in [0.2, 0.25) is 0 Å². The van der Waals surface area contributed by atoms with Crippen LogP contribution < -0.4 is 10.2 Å². The molecule has 3 fully saturated rings. The number of carbonyl (C=O) groups excluding carboxylic acids is 1. The number of fused-ring (bicyclic) bond motifs is 1. The van der Waals surface area contributed by atoms with E-state index in [0.29, 0.717) is 37.6 Å². The lowest BCUT2D eigenvalue weighted by molar-refractivity contribution is -0.384. The molecule has 0 unspecified atom stereocenters. The Labute approximate surface area is 156 Å². The zero-order chi connectivity index (χ0) is 18.6. The number of amides is 1. The van der Waals surface area contributed by atoms with Crippen molar-refractivity contribution in [3.05, 3.63) is 39.6 Å². The number of nitrogens with zero attached hydrogens (tertiary/aromatic N) is 2. The number of allylic oxidation sites excluding steroid dienone is 1. The van der Waals surface area contributed by atoms with E-state index in [4.69, 9.17) is 9.47 Å². The van der Waals surface area contributed by atoms with Crippen molar-refractivity contribution in [3.8, 4) is 0 Å². The molecule has 1 amide bonds. The third kappa shape index (κ3) is 2.55. The van der Waals surface area contributed by atoms with Gasteiger partial charge in [0.05, 0.1) is 29.4 Å². The van der Waals surface area contributed by atoms with Crippen molar-refractivity contribution in [1.82, 2.24) is 5.32 Å². The molecule has 8 nitrogen and oxygen atoms in total. The van der Waals surface area contributed by atoms with Gasteiger partial charge in [-0.3, -0.25) is 14.9 Å². The average molecular weight is 371 g/mol. The fourth-order valence-corrected chi connectivity index (χ4v) is 4.56. The fraction of sp³-hybridized carbons (Fsp3) is 0.526. The smallest absolute Gasteiger partial charge is 0.270 e. The van der Waals surface area contributed by atoms with E-state index in [2.05, 4.69) is 5.32 Å². The Kier molecular flexibility index (Phi) is 3.73. The van der Waals surface area contributed by atoms with E-state index >= 15 is 0 Å². The Morgan fingerprint density at radius 3 is 2.63 bits per heavy atom. The zero-order valence-electron chi connectivity index (χ0n) is 14.9. The molecular weight excluding hydrogens is 350 g/mol. The Hall–Kier alpha value is -2.45. The predicted molar refractivity (Wildman–Crippen MR) is 97.2 cm³/mol. The molecule has 0 bridgehead atoms. The minimum absolute atomic E-state index is 0.00756. The summed E-state index contributed by atoms with van der Waals surface area (Å²) < 4.78 is 10.8. The molecular formula is C19H21N3O5. The highest BCUT2D eigenvalue weighted by Crippen LogP contribution is 2.46. The van der Waals surface area contributed by atoms with Crippen molar-refractivity contribution in [2.45, 2.75) is 25.3 Å². The lowest BCUT2D eigenvalue weighted by Gasteiger charge is -2.36. The number of hydrogen-bond acceptors (Lipinski definition) is 6. The highest BCUT2D eigenvalue weighted by molar-refractivity contribution is 6.33. The number of nitrogens with one attached hydrogen (secondary N) is 1. The fourth-order valence-electron chi connectivity index (χ4n) is 4.56. The number of non-ortho nitro benzene ring substituents is 1. The minimum Gasteiger partial charge on any atom is -0.387 e. The van der Waals surface area contributed by atoms with Gasteiger partial charge in [-0.2, -0.15) is 0 Å². The van der Waals surface area contributed by atoms with Crippen LogP contribution in [0.1, 0.15) is 24.8 Å². The number of anilines is 1. The highest BCUT2D eigenvalue weighted by atomic mass is 16.6. The summed E-state index contributed by atoms with van der Waals surface area (Å²) in [6.45, 7) is 3.41. The minimum atomic E-state index is -0.409. The first-order valence-corrected chi connectivity index (χ1v) is 9.33. The first-order chi connectivity index (χ1) is 13.1. The van der Waals surface area contributed by atoms with Gasteiger partial charge in [0, 0.05) is 54.6 Å². The van der Waals surface area contributed by atoms with E-state index in [1.165, 1.54) is 6.07 Å². The SMILES string of the molecule is O=C1/C(=C2/CC3(CN2)COC3)c2cc([N+](=O)[O-])ccc2N1C1CCOCC1. The van der Waals surface area contributed by atoms with Gasteiger partial charge < -0.3 is 19.7 Å². The van der Waals surface area contributed by atoms with Crippen LogP contribution >= 0.6 is 0 Å². The first-order valence-electron chi connectivity index (χ1n) is 9.33. The summed E-state index contributed by atoms with van der Waals surface area (Å²) in [7, 11) is 0. The largest absolute Gasteiger partial charge is 0.387 e. The number of ether oxygens (including phenoxy) is 2. The van der Waals surface area contributed by atoms with Gasteiger partial charge >= 0.3 is 0 Å². The lowest BCUT2D eigenvalue weighted by atomic mass is 9.84. The van der Waals surface area contributed by atoms with E-state index in [1.54, 1.807) is 12.1 Å². The predicted octanol–water partition coefficient (Wildman–Crippen LogP) is 1.84. The van der Waals surface area contributed by atoms with Crippen LogP contribution in [0, 0.1) is 15.5 Å². The third-order valence-electron chi connectivity index (χ3n) is 6.06. The normalized spacial score (nSPS) is 26.8. The van der Waals surface area contributed by atoms with Crippen molar-refractivity contribution < 1.29 is 19.2 Å². The van der Waals surface area contributed by atoms with Crippen molar-refractivity contribution in [2.24, 2.45) is 5.41 Å². The van der Waals surface area contributed by atoms with Gasteiger partial charge in [-0.1, -0.05) is 0 Å². The van der Waals surface area contributed by atoms with Crippen LogP contribution in [0.25, 0.3) is 5.57 Å². The Morgan fingerprint density at radius 2 is 2.00 bits per heavy atom. The monoisotopic (exact) mass is 371 g/mol. The lowest BCUT2D eigenvalue weighted by Crippen LogP contribution is -2.43. The van der Waals surface area contributed by atoms with Crippen LogP contribution in [-0.2, 0) is 14.3 Å². The van der Waals surface area contributed by atoms with Gasteiger partial charge in [-0.05, 0) is 25.3 Å². The van der Waals surface area contributed by atoms with E-state index < -0.39 is 4.92 Å². The van der Waals surface area contributed by atoms with Gasteiger partial charge in [-0.15, -0.1) is 0 Å². The maximum absolute atomic E-state index is 13.4. The molecule has 0 aliphatic carbocycles. The van der Waals surface area contributed by atoms with Crippen LogP contribution in [0.3, 0.4) is 0 Å². The van der Waals surface area contributed by atoms with Gasteiger partial charge in [-0.25, -0.2) is 0 Å². The number of carbonyl (C=O) groups is 1. The third-order valence-corrected chi connectivity index (χ3v) is 6.06. The highest BCUT2D eigenvalue weighted by Gasteiger charge is 2.47. The molecule has 4 aliphatic rings. The molecule has 0 saturated carbocycles.